The Balaban J connectivity index is 2.73. The average Bonchev–Trinajstić information content (AvgIpc) is 2.33. The third-order valence-electron chi connectivity index (χ3n) is 3.41. The van der Waals surface area contributed by atoms with Crippen molar-refractivity contribution in [1.82, 2.24) is 14.9 Å². The number of hydrogen-bond acceptors (Lipinski definition) is 4. The van der Waals surface area contributed by atoms with Gasteiger partial charge in [0.2, 0.25) is 21.8 Å². The second-order valence-electron chi connectivity index (χ2n) is 5.94. The highest BCUT2D eigenvalue weighted by molar-refractivity contribution is 7.88. The zero-order valence-electron chi connectivity index (χ0n) is 13.0. The molecule has 7 nitrogen and oxygen atoms in total. The molecule has 2 amide bonds. The van der Waals surface area contributed by atoms with Crippen LogP contribution in [0.15, 0.2) is 0 Å². The maximum atomic E-state index is 12.5. The van der Waals surface area contributed by atoms with Crippen molar-refractivity contribution in [2.24, 2.45) is 5.92 Å². The molecule has 122 valence electrons. The van der Waals surface area contributed by atoms with E-state index in [1.165, 1.54) is 6.92 Å². The number of piperidine rings is 1. The lowest BCUT2D eigenvalue weighted by molar-refractivity contribution is -0.138. The molecule has 21 heavy (non-hydrogen) atoms. The SMILES string of the molecule is CC(=O)NC(C(=O)N1CCCC(NS(C)(=O)=O)C1)C(C)C. The minimum absolute atomic E-state index is 0.0235. The third-order valence-corrected chi connectivity index (χ3v) is 4.17. The second kappa shape index (κ2) is 7.22. The molecule has 0 aromatic carbocycles. The summed E-state index contributed by atoms with van der Waals surface area (Å²) in [6, 6.07) is -0.831. The lowest BCUT2D eigenvalue weighted by Gasteiger charge is -2.36. The highest BCUT2D eigenvalue weighted by Gasteiger charge is 2.31. The fourth-order valence-corrected chi connectivity index (χ4v) is 3.30. The Morgan fingerprint density at radius 2 is 1.90 bits per heavy atom. The summed E-state index contributed by atoms with van der Waals surface area (Å²) in [5, 5.41) is 2.67. The molecule has 2 atom stereocenters. The average molecular weight is 319 g/mol. The van der Waals surface area contributed by atoms with Crippen molar-refractivity contribution < 1.29 is 18.0 Å². The van der Waals surface area contributed by atoms with Gasteiger partial charge in [0.25, 0.3) is 0 Å². The first-order chi connectivity index (χ1) is 9.60. The van der Waals surface area contributed by atoms with E-state index < -0.39 is 16.1 Å². The van der Waals surface area contributed by atoms with Crippen LogP contribution in [0.3, 0.4) is 0 Å². The van der Waals surface area contributed by atoms with Gasteiger partial charge >= 0.3 is 0 Å². The zero-order valence-corrected chi connectivity index (χ0v) is 13.9. The molecule has 0 aliphatic carbocycles. The number of nitrogens with zero attached hydrogens (tertiary/aromatic N) is 1. The Hall–Kier alpha value is -1.15. The van der Waals surface area contributed by atoms with Crippen molar-refractivity contribution in [3.8, 4) is 0 Å². The van der Waals surface area contributed by atoms with Crippen molar-refractivity contribution in [1.29, 1.82) is 0 Å². The van der Waals surface area contributed by atoms with E-state index >= 15 is 0 Å². The van der Waals surface area contributed by atoms with Gasteiger partial charge in [-0.15, -0.1) is 0 Å². The highest BCUT2D eigenvalue weighted by Crippen LogP contribution is 2.14. The summed E-state index contributed by atoms with van der Waals surface area (Å²) >= 11 is 0. The fraction of sp³-hybridized carbons (Fsp3) is 0.846. The van der Waals surface area contributed by atoms with E-state index in [-0.39, 0.29) is 23.8 Å². The maximum Gasteiger partial charge on any atom is 0.245 e. The van der Waals surface area contributed by atoms with E-state index in [0.29, 0.717) is 19.5 Å². The molecule has 8 heteroatoms. The van der Waals surface area contributed by atoms with Crippen molar-refractivity contribution in [2.45, 2.75) is 45.7 Å². The predicted octanol–water partition coefficient (Wildman–Crippen LogP) is -0.313. The van der Waals surface area contributed by atoms with E-state index in [0.717, 1.165) is 12.7 Å². The van der Waals surface area contributed by atoms with Gasteiger partial charge in [-0.3, -0.25) is 9.59 Å². The Kier molecular flexibility index (Phi) is 6.15. The largest absolute Gasteiger partial charge is 0.344 e. The molecule has 0 bridgehead atoms. The van der Waals surface area contributed by atoms with Gasteiger partial charge in [-0.1, -0.05) is 13.8 Å². The van der Waals surface area contributed by atoms with E-state index in [1.807, 2.05) is 13.8 Å². The van der Waals surface area contributed by atoms with Gasteiger partial charge in [-0.2, -0.15) is 0 Å². The van der Waals surface area contributed by atoms with E-state index in [1.54, 1.807) is 4.90 Å². The summed E-state index contributed by atoms with van der Waals surface area (Å²) in [5.74, 6) is -0.422. The van der Waals surface area contributed by atoms with Crippen molar-refractivity contribution in [3.05, 3.63) is 0 Å². The molecule has 1 rings (SSSR count). The number of rotatable bonds is 5. The van der Waals surface area contributed by atoms with Crippen LogP contribution in [0, 0.1) is 5.92 Å². The number of hydrogen-bond donors (Lipinski definition) is 2. The van der Waals surface area contributed by atoms with Crippen molar-refractivity contribution >= 4 is 21.8 Å². The number of nitrogens with one attached hydrogen (secondary N) is 2. The van der Waals surface area contributed by atoms with Gasteiger partial charge in [-0.25, -0.2) is 13.1 Å². The Morgan fingerprint density at radius 3 is 2.38 bits per heavy atom. The number of carbonyl (C=O) groups excluding carboxylic acids is 2. The molecule has 1 fully saturated rings. The van der Waals surface area contributed by atoms with Crippen LogP contribution >= 0.6 is 0 Å². The van der Waals surface area contributed by atoms with Crippen LogP contribution in [-0.4, -0.2) is 56.6 Å². The molecule has 2 unspecified atom stereocenters. The van der Waals surface area contributed by atoms with Crippen LogP contribution in [0.1, 0.15) is 33.6 Å². The summed E-state index contributed by atoms with van der Waals surface area (Å²) in [7, 11) is -3.29. The smallest absolute Gasteiger partial charge is 0.245 e. The predicted molar refractivity (Wildman–Crippen MR) is 80.0 cm³/mol. The number of carbonyl (C=O) groups is 2. The molecule has 0 spiro atoms. The number of likely N-dealkylation sites (tertiary alicyclic amines) is 1. The molecule has 2 N–H and O–H groups in total. The summed E-state index contributed by atoms with van der Waals surface area (Å²) in [4.78, 5) is 25.4. The van der Waals surface area contributed by atoms with Gasteiger partial charge in [0.05, 0.1) is 6.26 Å². The quantitative estimate of drug-likeness (QED) is 0.726. The zero-order chi connectivity index (χ0) is 16.2. The van der Waals surface area contributed by atoms with Crippen LogP contribution in [0.2, 0.25) is 0 Å². The first kappa shape index (κ1) is 17.9. The number of amides is 2. The fourth-order valence-electron chi connectivity index (χ4n) is 2.51. The molecule has 1 aliphatic heterocycles. The van der Waals surface area contributed by atoms with Gasteiger partial charge in [0.15, 0.2) is 0 Å². The van der Waals surface area contributed by atoms with E-state index in [2.05, 4.69) is 10.0 Å². The maximum absolute atomic E-state index is 12.5. The Morgan fingerprint density at radius 1 is 1.29 bits per heavy atom. The lowest BCUT2D eigenvalue weighted by atomic mass is 10.00. The number of sulfonamides is 1. The summed E-state index contributed by atoms with van der Waals surface area (Å²) in [6.07, 6.45) is 2.56. The first-order valence-electron chi connectivity index (χ1n) is 7.13. The molecule has 0 saturated carbocycles. The summed E-state index contributed by atoms with van der Waals surface area (Å²) in [5.41, 5.74) is 0. The molecular weight excluding hydrogens is 294 g/mol. The van der Waals surface area contributed by atoms with Crippen LogP contribution in [0.4, 0.5) is 0 Å². The minimum Gasteiger partial charge on any atom is -0.344 e. The Bertz CT molecular complexity index is 490. The normalized spacial score (nSPS) is 21.2. The third kappa shape index (κ3) is 6.01. The van der Waals surface area contributed by atoms with Gasteiger partial charge in [0, 0.05) is 26.1 Å². The second-order valence-corrected chi connectivity index (χ2v) is 7.72. The first-order valence-corrected chi connectivity index (χ1v) is 9.02. The van der Waals surface area contributed by atoms with Crippen molar-refractivity contribution in [3.63, 3.8) is 0 Å². The molecular formula is C13H25N3O4S. The topological polar surface area (TPSA) is 95.6 Å². The minimum atomic E-state index is -3.29. The van der Waals surface area contributed by atoms with Crippen LogP contribution in [0.5, 0.6) is 0 Å². The standard InChI is InChI=1S/C13H25N3O4S/c1-9(2)12(14-10(3)17)13(18)16-7-5-6-11(8-16)15-21(4,19)20/h9,11-12,15H,5-8H2,1-4H3,(H,14,17). The summed E-state index contributed by atoms with van der Waals surface area (Å²) < 4.78 is 25.1. The monoisotopic (exact) mass is 319 g/mol. The van der Waals surface area contributed by atoms with Crippen molar-refractivity contribution in [2.75, 3.05) is 19.3 Å². The molecule has 1 saturated heterocycles. The molecule has 1 aliphatic rings. The molecule has 0 aromatic rings. The molecule has 1 heterocycles. The lowest BCUT2D eigenvalue weighted by Crippen LogP contribution is -2.56. The summed E-state index contributed by atoms with van der Waals surface area (Å²) in [6.45, 7) is 6.05. The van der Waals surface area contributed by atoms with Gasteiger partial charge in [-0.05, 0) is 18.8 Å². The Labute approximate surface area is 126 Å². The van der Waals surface area contributed by atoms with E-state index in [4.69, 9.17) is 0 Å². The van der Waals surface area contributed by atoms with Gasteiger partial charge in [0.1, 0.15) is 6.04 Å². The van der Waals surface area contributed by atoms with Gasteiger partial charge < -0.3 is 10.2 Å². The van der Waals surface area contributed by atoms with Crippen LogP contribution < -0.4 is 10.0 Å². The van der Waals surface area contributed by atoms with Crippen LogP contribution in [-0.2, 0) is 19.6 Å². The van der Waals surface area contributed by atoms with E-state index in [9.17, 15) is 18.0 Å². The molecule has 0 aromatic heterocycles. The van der Waals surface area contributed by atoms with Crippen LogP contribution in [0.25, 0.3) is 0 Å². The highest BCUT2D eigenvalue weighted by atomic mass is 32.2. The molecule has 0 radical (unpaired) electrons.